The molecule has 1 aromatic carbocycles. The highest BCUT2D eigenvalue weighted by atomic mass is 32.1. The Bertz CT molecular complexity index is 389. The van der Waals surface area contributed by atoms with Crippen molar-refractivity contribution in [3.63, 3.8) is 0 Å². The van der Waals surface area contributed by atoms with Crippen LogP contribution >= 0.6 is 11.3 Å². The standard InChI is InChI=1S/C13H15NS/c1-2-3-4-11-5-7-12(8-6-11)13-9-14-10-15-13/h5-10H,2-4H2,1H3. The number of benzene rings is 1. The van der Waals surface area contributed by atoms with Gasteiger partial charge in [-0.15, -0.1) is 11.3 Å². The molecule has 0 saturated carbocycles. The molecule has 1 aromatic heterocycles. The molecule has 0 unspecified atom stereocenters. The average molecular weight is 217 g/mol. The zero-order valence-corrected chi connectivity index (χ0v) is 9.76. The van der Waals surface area contributed by atoms with Crippen molar-refractivity contribution in [2.24, 2.45) is 0 Å². The molecule has 0 aliphatic rings. The van der Waals surface area contributed by atoms with Crippen molar-refractivity contribution in [3.05, 3.63) is 41.5 Å². The second kappa shape index (κ2) is 5.08. The van der Waals surface area contributed by atoms with E-state index in [0.29, 0.717) is 0 Å². The minimum atomic E-state index is 1.19. The molecule has 0 N–H and O–H groups in total. The number of aryl methyl sites for hydroxylation is 1. The van der Waals surface area contributed by atoms with Gasteiger partial charge in [-0.1, -0.05) is 37.6 Å². The quantitative estimate of drug-likeness (QED) is 0.749. The van der Waals surface area contributed by atoms with E-state index in [0.717, 1.165) is 0 Å². The number of thiazole rings is 1. The second-order valence-electron chi connectivity index (χ2n) is 3.67. The molecule has 2 aromatic rings. The third-order valence-corrected chi connectivity index (χ3v) is 3.31. The molecule has 2 rings (SSSR count). The summed E-state index contributed by atoms with van der Waals surface area (Å²) in [4.78, 5) is 5.34. The fourth-order valence-electron chi connectivity index (χ4n) is 1.57. The molecule has 2 heteroatoms. The minimum absolute atomic E-state index is 1.19. The highest BCUT2D eigenvalue weighted by Gasteiger charge is 1.99. The van der Waals surface area contributed by atoms with Crippen molar-refractivity contribution in [1.29, 1.82) is 0 Å². The van der Waals surface area contributed by atoms with Crippen molar-refractivity contribution >= 4 is 11.3 Å². The molecule has 0 radical (unpaired) electrons. The second-order valence-corrected chi connectivity index (χ2v) is 4.55. The highest BCUT2D eigenvalue weighted by Crippen LogP contribution is 2.23. The molecule has 0 saturated heterocycles. The van der Waals surface area contributed by atoms with Gasteiger partial charge in [-0.25, -0.2) is 0 Å². The molecule has 0 fully saturated rings. The van der Waals surface area contributed by atoms with Crippen molar-refractivity contribution in [3.8, 4) is 10.4 Å². The van der Waals surface area contributed by atoms with Gasteiger partial charge in [0.1, 0.15) is 0 Å². The molecule has 0 spiro atoms. The monoisotopic (exact) mass is 217 g/mol. The third kappa shape index (κ3) is 2.66. The summed E-state index contributed by atoms with van der Waals surface area (Å²) in [6, 6.07) is 8.84. The number of hydrogen-bond acceptors (Lipinski definition) is 2. The van der Waals surface area contributed by atoms with Crippen LogP contribution in [0.4, 0.5) is 0 Å². The van der Waals surface area contributed by atoms with Gasteiger partial charge < -0.3 is 0 Å². The zero-order chi connectivity index (χ0) is 10.5. The zero-order valence-electron chi connectivity index (χ0n) is 8.94. The van der Waals surface area contributed by atoms with Crippen molar-refractivity contribution in [2.75, 3.05) is 0 Å². The van der Waals surface area contributed by atoms with E-state index >= 15 is 0 Å². The van der Waals surface area contributed by atoms with Crippen LogP contribution in [0.25, 0.3) is 10.4 Å². The summed E-state index contributed by atoms with van der Waals surface area (Å²) in [6.45, 7) is 2.23. The van der Waals surface area contributed by atoms with E-state index in [-0.39, 0.29) is 0 Å². The van der Waals surface area contributed by atoms with E-state index in [1.54, 1.807) is 11.3 Å². The van der Waals surface area contributed by atoms with Gasteiger partial charge in [0, 0.05) is 6.20 Å². The van der Waals surface area contributed by atoms with Crippen molar-refractivity contribution < 1.29 is 0 Å². The number of rotatable bonds is 4. The van der Waals surface area contributed by atoms with E-state index < -0.39 is 0 Å². The lowest BCUT2D eigenvalue weighted by Gasteiger charge is -2.01. The van der Waals surface area contributed by atoms with E-state index in [9.17, 15) is 0 Å². The normalized spacial score (nSPS) is 10.5. The summed E-state index contributed by atoms with van der Waals surface area (Å²) < 4.78 is 0. The van der Waals surface area contributed by atoms with E-state index in [1.807, 2.05) is 11.7 Å². The van der Waals surface area contributed by atoms with Crippen LogP contribution in [0.15, 0.2) is 36.0 Å². The Morgan fingerprint density at radius 1 is 1.20 bits per heavy atom. The molecule has 1 nitrogen and oxygen atoms in total. The van der Waals surface area contributed by atoms with E-state index in [2.05, 4.69) is 36.2 Å². The molecule has 0 aliphatic heterocycles. The van der Waals surface area contributed by atoms with Gasteiger partial charge in [0.15, 0.2) is 0 Å². The lowest BCUT2D eigenvalue weighted by molar-refractivity contribution is 0.795. The highest BCUT2D eigenvalue weighted by molar-refractivity contribution is 7.13. The predicted molar refractivity (Wildman–Crippen MR) is 66.2 cm³/mol. The van der Waals surface area contributed by atoms with E-state index in [4.69, 9.17) is 0 Å². The van der Waals surface area contributed by atoms with Crippen LogP contribution in [0, 0.1) is 0 Å². The summed E-state index contributed by atoms with van der Waals surface area (Å²) in [5.74, 6) is 0. The fourth-order valence-corrected chi connectivity index (χ4v) is 2.20. The SMILES string of the molecule is CCCCc1ccc(-c2cncs2)cc1. The summed E-state index contributed by atoms with van der Waals surface area (Å²) in [5.41, 5.74) is 4.59. The molecule has 15 heavy (non-hydrogen) atoms. The lowest BCUT2D eigenvalue weighted by atomic mass is 10.1. The Kier molecular flexibility index (Phi) is 3.51. The molecule has 0 bridgehead atoms. The van der Waals surface area contributed by atoms with Crippen molar-refractivity contribution in [2.45, 2.75) is 26.2 Å². The first-order valence-electron chi connectivity index (χ1n) is 5.38. The first kappa shape index (κ1) is 10.4. The van der Waals surface area contributed by atoms with Gasteiger partial charge in [-0.3, -0.25) is 4.98 Å². The topological polar surface area (TPSA) is 12.9 Å². The number of nitrogens with zero attached hydrogens (tertiary/aromatic N) is 1. The lowest BCUT2D eigenvalue weighted by Crippen LogP contribution is -1.83. The molecule has 0 amide bonds. The summed E-state index contributed by atoms with van der Waals surface area (Å²) >= 11 is 1.69. The van der Waals surface area contributed by atoms with E-state index in [1.165, 1.54) is 35.3 Å². The van der Waals surface area contributed by atoms with Crippen LogP contribution in [-0.4, -0.2) is 4.98 Å². The van der Waals surface area contributed by atoms with Crippen LogP contribution in [0.3, 0.4) is 0 Å². The maximum absolute atomic E-state index is 4.09. The molecule has 0 aliphatic carbocycles. The van der Waals surface area contributed by atoms with Gasteiger partial charge in [-0.2, -0.15) is 0 Å². The van der Waals surface area contributed by atoms with Gasteiger partial charge in [0.2, 0.25) is 0 Å². The minimum Gasteiger partial charge on any atom is -0.252 e. The maximum atomic E-state index is 4.09. The van der Waals surface area contributed by atoms with Crippen LogP contribution in [-0.2, 0) is 6.42 Å². The number of hydrogen-bond donors (Lipinski definition) is 0. The van der Waals surface area contributed by atoms with Crippen LogP contribution in [0.5, 0.6) is 0 Å². The smallest absolute Gasteiger partial charge is 0.0797 e. The predicted octanol–water partition coefficient (Wildman–Crippen LogP) is 4.15. The summed E-state index contributed by atoms with van der Waals surface area (Å²) in [6.07, 6.45) is 5.65. The molecule has 78 valence electrons. The molecular formula is C13H15NS. The Morgan fingerprint density at radius 3 is 2.60 bits per heavy atom. The Labute approximate surface area is 94.8 Å². The van der Waals surface area contributed by atoms with Crippen molar-refractivity contribution in [1.82, 2.24) is 4.98 Å². The Hall–Kier alpha value is -1.15. The van der Waals surface area contributed by atoms with Crippen LogP contribution in [0.1, 0.15) is 25.3 Å². The van der Waals surface area contributed by atoms with Gasteiger partial charge in [0.25, 0.3) is 0 Å². The Balaban J connectivity index is 2.11. The number of unbranched alkanes of at least 4 members (excludes halogenated alkanes) is 1. The average Bonchev–Trinajstić information content (AvgIpc) is 2.80. The van der Waals surface area contributed by atoms with Crippen LogP contribution in [0.2, 0.25) is 0 Å². The third-order valence-electron chi connectivity index (χ3n) is 2.49. The first-order valence-corrected chi connectivity index (χ1v) is 6.26. The van der Waals surface area contributed by atoms with Gasteiger partial charge in [-0.05, 0) is 24.0 Å². The van der Waals surface area contributed by atoms with Gasteiger partial charge in [0.05, 0.1) is 10.4 Å². The first-order chi connectivity index (χ1) is 7.40. The molecule has 0 atom stereocenters. The summed E-state index contributed by atoms with van der Waals surface area (Å²) in [5, 5.41) is 0. The number of aromatic nitrogens is 1. The molecular weight excluding hydrogens is 202 g/mol. The maximum Gasteiger partial charge on any atom is 0.0797 e. The largest absolute Gasteiger partial charge is 0.252 e. The molecule has 1 heterocycles. The summed E-state index contributed by atoms with van der Waals surface area (Å²) in [7, 11) is 0. The fraction of sp³-hybridized carbons (Fsp3) is 0.308. The van der Waals surface area contributed by atoms with Gasteiger partial charge >= 0.3 is 0 Å². The Morgan fingerprint density at radius 2 is 2.00 bits per heavy atom. The van der Waals surface area contributed by atoms with Crippen LogP contribution < -0.4 is 0 Å².